The minimum Gasteiger partial charge on any atom is -0.463 e. The van der Waals surface area contributed by atoms with E-state index in [-0.39, 0.29) is 18.3 Å². The molecule has 11 nitrogen and oxygen atoms in total. The van der Waals surface area contributed by atoms with Crippen molar-refractivity contribution >= 4 is 57.7 Å². The standard InChI is InChI=1S/C17H21NO10S2/c1-7(19)24-5-11-13(25-8(2)20)14(26-9(3)21)15(27-10(4)22)16(28-11)30-17-18-12(23)6-29-17/h11,13-16H,5-6H2,1-4H3/t11-,13-,14+,15+,16+/m1/s1. The Labute approximate surface area is 180 Å². The number of carbonyl (C=O) groups excluding carboxylic acids is 5. The fourth-order valence-electron chi connectivity index (χ4n) is 2.73. The maximum absolute atomic E-state index is 11.7. The van der Waals surface area contributed by atoms with Crippen LogP contribution in [0.15, 0.2) is 4.99 Å². The Balaban J connectivity index is 2.39. The number of rotatable bonds is 6. The first-order valence-electron chi connectivity index (χ1n) is 8.78. The van der Waals surface area contributed by atoms with Crippen molar-refractivity contribution in [2.45, 2.75) is 57.5 Å². The number of esters is 4. The van der Waals surface area contributed by atoms with Crippen LogP contribution in [0.1, 0.15) is 27.7 Å². The first kappa shape index (κ1) is 24.2. The molecular formula is C17H21NO10S2. The normalized spacial score (nSPS) is 28.3. The van der Waals surface area contributed by atoms with E-state index in [9.17, 15) is 24.0 Å². The molecule has 1 fully saturated rings. The minimum absolute atomic E-state index is 0.160. The molecule has 2 heterocycles. The number of carbonyl (C=O) groups is 5. The van der Waals surface area contributed by atoms with E-state index < -0.39 is 53.7 Å². The van der Waals surface area contributed by atoms with Gasteiger partial charge in [0.15, 0.2) is 23.7 Å². The lowest BCUT2D eigenvalue weighted by Gasteiger charge is -2.44. The van der Waals surface area contributed by atoms with Crippen LogP contribution in [0, 0.1) is 0 Å². The molecule has 0 aromatic rings. The third-order valence-corrected chi connectivity index (χ3v) is 5.98. The van der Waals surface area contributed by atoms with Gasteiger partial charge in [0.1, 0.15) is 17.1 Å². The summed E-state index contributed by atoms with van der Waals surface area (Å²) in [6, 6.07) is 0. The first-order valence-corrected chi connectivity index (χ1v) is 10.6. The van der Waals surface area contributed by atoms with Crippen LogP contribution < -0.4 is 0 Å². The molecule has 0 spiro atoms. The summed E-state index contributed by atoms with van der Waals surface area (Å²) in [5, 5.41) is 0. The average Bonchev–Trinajstić information content (AvgIpc) is 3.02. The second-order valence-corrected chi connectivity index (χ2v) is 8.56. The molecule has 0 N–H and O–H groups in total. The highest BCUT2D eigenvalue weighted by Gasteiger charge is 2.52. The van der Waals surface area contributed by atoms with Gasteiger partial charge in [-0.2, -0.15) is 4.99 Å². The molecule has 0 bridgehead atoms. The topological polar surface area (TPSA) is 144 Å². The minimum atomic E-state index is -1.25. The smallest absolute Gasteiger partial charge is 0.303 e. The number of ether oxygens (including phenoxy) is 5. The molecule has 5 atom stereocenters. The lowest BCUT2D eigenvalue weighted by Crippen LogP contribution is -2.61. The maximum atomic E-state index is 11.7. The fourth-order valence-corrected chi connectivity index (χ4v) is 4.84. The number of hydrogen-bond acceptors (Lipinski definition) is 12. The van der Waals surface area contributed by atoms with Crippen LogP contribution in [0.2, 0.25) is 0 Å². The van der Waals surface area contributed by atoms with Crippen LogP contribution >= 0.6 is 23.5 Å². The second-order valence-electron chi connectivity index (χ2n) is 6.25. The van der Waals surface area contributed by atoms with Crippen molar-refractivity contribution in [3.63, 3.8) is 0 Å². The van der Waals surface area contributed by atoms with Crippen molar-refractivity contribution in [2.24, 2.45) is 4.99 Å². The van der Waals surface area contributed by atoms with Gasteiger partial charge in [-0.05, 0) is 0 Å². The summed E-state index contributed by atoms with van der Waals surface area (Å²) in [6.45, 7) is 4.32. The van der Waals surface area contributed by atoms with Crippen molar-refractivity contribution in [1.82, 2.24) is 0 Å². The number of amides is 1. The van der Waals surface area contributed by atoms with Gasteiger partial charge in [0, 0.05) is 27.7 Å². The summed E-state index contributed by atoms with van der Waals surface area (Å²) < 4.78 is 27.2. The van der Waals surface area contributed by atoms with Crippen LogP contribution in [0.4, 0.5) is 0 Å². The van der Waals surface area contributed by atoms with E-state index in [0.717, 1.165) is 32.5 Å². The van der Waals surface area contributed by atoms with Gasteiger partial charge in [-0.1, -0.05) is 23.5 Å². The van der Waals surface area contributed by atoms with Crippen LogP contribution in [-0.4, -0.2) is 76.4 Å². The van der Waals surface area contributed by atoms with Crippen molar-refractivity contribution in [3.05, 3.63) is 0 Å². The van der Waals surface area contributed by atoms with Gasteiger partial charge >= 0.3 is 23.9 Å². The zero-order valence-electron chi connectivity index (χ0n) is 16.6. The maximum Gasteiger partial charge on any atom is 0.303 e. The number of hydrogen-bond donors (Lipinski definition) is 0. The molecule has 0 radical (unpaired) electrons. The van der Waals surface area contributed by atoms with E-state index in [4.69, 9.17) is 23.7 Å². The monoisotopic (exact) mass is 463 g/mol. The van der Waals surface area contributed by atoms with Gasteiger partial charge in [-0.15, -0.1) is 0 Å². The quantitative estimate of drug-likeness (QED) is 0.398. The molecular weight excluding hydrogens is 442 g/mol. The third-order valence-electron chi connectivity index (χ3n) is 3.70. The largest absolute Gasteiger partial charge is 0.463 e. The molecule has 0 saturated carbocycles. The summed E-state index contributed by atoms with van der Waals surface area (Å²) in [6.07, 6.45) is -4.68. The molecule has 0 aromatic heterocycles. The number of thioether (sulfide) groups is 2. The molecule has 30 heavy (non-hydrogen) atoms. The summed E-state index contributed by atoms with van der Waals surface area (Å²) in [5.41, 5.74) is -0.984. The number of nitrogens with zero attached hydrogens (tertiary/aromatic N) is 1. The zero-order chi connectivity index (χ0) is 22.4. The van der Waals surface area contributed by atoms with Crippen LogP contribution in [0.25, 0.3) is 0 Å². The summed E-state index contributed by atoms with van der Waals surface area (Å²) >= 11 is 2.17. The Bertz CT molecular complexity index is 755. The Kier molecular flexibility index (Phi) is 8.67. The Hall–Kier alpha value is -2.12. The molecule has 0 unspecified atom stereocenters. The second kappa shape index (κ2) is 10.8. The highest BCUT2D eigenvalue weighted by atomic mass is 32.2. The molecule has 13 heteroatoms. The Morgan fingerprint density at radius 2 is 1.53 bits per heavy atom. The van der Waals surface area contributed by atoms with E-state index in [1.807, 2.05) is 0 Å². The predicted octanol–water partition coefficient (Wildman–Crippen LogP) is 0.432. The van der Waals surface area contributed by atoms with E-state index in [1.54, 1.807) is 0 Å². The molecule has 2 aliphatic heterocycles. The van der Waals surface area contributed by atoms with E-state index >= 15 is 0 Å². The van der Waals surface area contributed by atoms with Crippen LogP contribution in [0.3, 0.4) is 0 Å². The average molecular weight is 463 g/mol. The zero-order valence-corrected chi connectivity index (χ0v) is 18.3. The molecule has 1 amide bonds. The van der Waals surface area contributed by atoms with Gasteiger partial charge < -0.3 is 23.7 Å². The lowest BCUT2D eigenvalue weighted by atomic mass is 9.99. The van der Waals surface area contributed by atoms with E-state index in [2.05, 4.69) is 4.99 Å². The fraction of sp³-hybridized carbons (Fsp3) is 0.647. The van der Waals surface area contributed by atoms with Crippen LogP contribution in [0.5, 0.6) is 0 Å². The van der Waals surface area contributed by atoms with Crippen LogP contribution in [-0.2, 0) is 47.7 Å². The van der Waals surface area contributed by atoms with Crippen molar-refractivity contribution in [3.8, 4) is 0 Å². The molecule has 2 rings (SSSR count). The van der Waals surface area contributed by atoms with Gasteiger partial charge in [0.25, 0.3) is 5.91 Å². The van der Waals surface area contributed by atoms with E-state index in [1.165, 1.54) is 18.7 Å². The SMILES string of the molecule is CC(=O)OC[C@H]1O[C@@H](SC2=NC(=O)CS2)[C@@H](OC(C)=O)[C@@H](OC(C)=O)[C@@H]1OC(C)=O. The lowest BCUT2D eigenvalue weighted by molar-refractivity contribution is -0.237. The van der Waals surface area contributed by atoms with Crippen molar-refractivity contribution < 1.29 is 47.7 Å². The Morgan fingerprint density at radius 3 is 2.03 bits per heavy atom. The highest BCUT2D eigenvalue weighted by molar-refractivity contribution is 8.39. The van der Waals surface area contributed by atoms with Gasteiger partial charge in [-0.25, -0.2) is 0 Å². The predicted molar refractivity (Wildman–Crippen MR) is 104 cm³/mol. The molecule has 1 saturated heterocycles. The number of aliphatic imine (C=N–C) groups is 1. The Morgan fingerprint density at radius 1 is 0.967 bits per heavy atom. The molecule has 2 aliphatic rings. The van der Waals surface area contributed by atoms with Gasteiger partial charge in [0.2, 0.25) is 0 Å². The first-order chi connectivity index (χ1) is 14.1. The van der Waals surface area contributed by atoms with Crippen molar-refractivity contribution in [2.75, 3.05) is 12.4 Å². The molecule has 0 aromatic carbocycles. The molecule has 0 aliphatic carbocycles. The summed E-state index contributed by atoms with van der Waals surface area (Å²) in [4.78, 5) is 61.7. The molecule has 166 valence electrons. The highest BCUT2D eigenvalue weighted by Crippen LogP contribution is 2.37. The third kappa shape index (κ3) is 6.99. The van der Waals surface area contributed by atoms with E-state index in [0.29, 0.717) is 4.38 Å². The van der Waals surface area contributed by atoms with Crippen molar-refractivity contribution in [1.29, 1.82) is 0 Å². The van der Waals surface area contributed by atoms with Gasteiger partial charge in [-0.3, -0.25) is 24.0 Å². The van der Waals surface area contributed by atoms with Gasteiger partial charge in [0.05, 0.1) is 5.75 Å². The summed E-state index contributed by atoms with van der Waals surface area (Å²) in [7, 11) is 0. The summed E-state index contributed by atoms with van der Waals surface area (Å²) in [5.74, 6) is -2.88.